The van der Waals surface area contributed by atoms with E-state index in [4.69, 9.17) is 9.15 Å². The van der Waals surface area contributed by atoms with E-state index in [9.17, 15) is 9.59 Å². The first-order valence-electron chi connectivity index (χ1n) is 10.6. The summed E-state index contributed by atoms with van der Waals surface area (Å²) in [5.41, 5.74) is 0.431. The van der Waals surface area contributed by atoms with Gasteiger partial charge in [0.25, 0.3) is 5.91 Å². The molecule has 1 atom stereocenters. The Morgan fingerprint density at radius 1 is 1.06 bits per heavy atom. The molecule has 1 N–H and O–H groups in total. The first kappa shape index (κ1) is 21.6. The molecular formula is C25H25FN2O4. The van der Waals surface area contributed by atoms with E-state index in [1.165, 1.54) is 36.5 Å². The lowest BCUT2D eigenvalue weighted by molar-refractivity contribution is -0.123. The Balaban J connectivity index is 1.86. The van der Waals surface area contributed by atoms with Gasteiger partial charge in [0.15, 0.2) is 5.76 Å². The summed E-state index contributed by atoms with van der Waals surface area (Å²) in [5.74, 6) is -1.19. The summed E-state index contributed by atoms with van der Waals surface area (Å²) in [7, 11) is 1.48. The highest BCUT2D eigenvalue weighted by Crippen LogP contribution is 2.37. The van der Waals surface area contributed by atoms with Gasteiger partial charge in [0, 0.05) is 11.6 Å². The molecule has 32 heavy (non-hydrogen) atoms. The molecule has 0 bridgehead atoms. The zero-order valence-electron chi connectivity index (χ0n) is 17.8. The van der Waals surface area contributed by atoms with E-state index in [-0.39, 0.29) is 17.4 Å². The van der Waals surface area contributed by atoms with Gasteiger partial charge >= 0.3 is 0 Å². The van der Waals surface area contributed by atoms with Crippen molar-refractivity contribution in [2.45, 2.75) is 37.8 Å². The van der Waals surface area contributed by atoms with Crippen LogP contribution in [0.3, 0.4) is 0 Å². The van der Waals surface area contributed by atoms with Gasteiger partial charge in [-0.3, -0.25) is 14.5 Å². The van der Waals surface area contributed by atoms with Crippen LogP contribution < -0.4 is 15.0 Å². The summed E-state index contributed by atoms with van der Waals surface area (Å²) in [4.78, 5) is 28.5. The maximum absolute atomic E-state index is 15.0. The fraction of sp³-hybridized carbons (Fsp3) is 0.280. The van der Waals surface area contributed by atoms with Gasteiger partial charge < -0.3 is 14.5 Å². The molecule has 166 valence electrons. The molecule has 1 unspecified atom stereocenters. The molecular weight excluding hydrogens is 411 g/mol. The Morgan fingerprint density at radius 2 is 1.78 bits per heavy atom. The molecule has 3 aromatic rings. The van der Waals surface area contributed by atoms with Gasteiger partial charge in [0.1, 0.15) is 17.6 Å². The van der Waals surface area contributed by atoms with Crippen LogP contribution in [0.4, 0.5) is 10.1 Å². The minimum absolute atomic E-state index is 0.00462. The van der Waals surface area contributed by atoms with E-state index in [0.717, 1.165) is 25.7 Å². The molecule has 1 heterocycles. The highest BCUT2D eigenvalue weighted by Gasteiger charge is 2.38. The predicted molar refractivity (Wildman–Crippen MR) is 118 cm³/mol. The average molecular weight is 436 g/mol. The van der Waals surface area contributed by atoms with E-state index in [1.807, 2.05) is 0 Å². The minimum Gasteiger partial charge on any atom is -0.495 e. The number of ether oxygens (including phenoxy) is 1. The van der Waals surface area contributed by atoms with Gasteiger partial charge in [-0.1, -0.05) is 43.2 Å². The number of halogens is 1. The SMILES string of the molecule is COc1ccccc1N(C(=O)c1ccco1)C(C(=O)NC1CCCC1)c1ccccc1F. The van der Waals surface area contributed by atoms with Crippen molar-refractivity contribution in [2.75, 3.05) is 12.0 Å². The second-order valence-electron chi connectivity index (χ2n) is 7.74. The summed E-state index contributed by atoms with van der Waals surface area (Å²) >= 11 is 0. The van der Waals surface area contributed by atoms with Crippen molar-refractivity contribution in [1.29, 1.82) is 0 Å². The third-order valence-electron chi connectivity index (χ3n) is 5.70. The average Bonchev–Trinajstić information content (AvgIpc) is 3.52. The molecule has 0 saturated heterocycles. The maximum Gasteiger partial charge on any atom is 0.295 e. The number of amides is 2. The third-order valence-corrected chi connectivity index (χ3v) is 5.70. The number of para-hydroxylation sites is 2. The zero-order valence-corrected chi connectivity index (χ0v) is 17.8. The molecule has 0 radical (unpaired) electrons. The number of rotatable bonds is 7. The number of furan rings is 1. The Bertz CT molecular complexity index is 1080. The largest absolute Gasteiger partial charge is 0.495 e. The van der Waals surface area contributed by atoms with Crippen LogP contribution >= 0.6 is 0 Å². The maximum atomic E-state index is 15.0. The van der Waals surface area contributed by atoms with Gasteiger partial charge in [-0.25, -0.2) is 4.39 Å². The fourth-order valence-electron chi connectivity index (χ4n) is 4.16. The molecule has 7 heteroatoms. The summed E-state index contributed by atoms with van der Waals surface area (Å²) < 4.78 is 25.8. The van der Waals surface area contributed by atoms with Crippen molar-refractivity contribution in [3.05, 3.63) is 84.1 Å². The summed E-state index contributed by atoms with van der Waals surface area (Å²) in [6.07, 6.45) is 5.14. The monoisotopic (exact) mass is 436 g/mol. The molecule has 2 amide bonds. The number of carbonyl (C=O) groups excluding carboxylic acids is 2. The number of hydrogen-bond donors (Lipinski definition) is 1. The normalized spacial score (nSPS) is 14.7. The molecule has 1 aliphatic carbocycles. The lowest BCUT2D eigenvalue weighted by atomic mass is 10.0. The Kier molecular flexibility index (Phi) is 6.54. The number of anilines is 1. The van der Waals surface area contributed by atoms with E-state index in [1.54, 1.807) is 42.5 Å². The summed E-state index contributed by atoms with van der Waals surface area (Å²) in [5, 5.41) is 3.02. The molecule has 2 aromatic carbocycles. The molecule has 0 aliphatic heterocycles. The molecule has 1 fully saturated rings. The highest BCUT2D eigenvalue weighted by atomic mass is 19.1. The van der Waals surface area contributed by atoms with Gasteiger partial charge in [-0.15, -0.1) is 0 Å². The van der Waals surface area contributed by atoms with Crippen molar-refractivity contribution in [1.82, 2.24) is 5.32 Å². The van der Waals surface area contributed by atoms with Gasteiger partial charge in [-0.2, -0.15) is 0 Å². The Morgan fingerprint density at radius 3 is 2.47 bits per heavy atom. The molecule has 1 aliphatic rings. The van der Waals surface area contributed by atoms with E-state index < -0.39 is 23.7 Å². The van der Waals surface area contributed by atoms with E-state index in [2.05, 4.69) is 5.32 Å². The van der Waals surface area contributed by atoms with Crippen molar-refractivity contribution in [2.24, 2.45) is 0 Å². The van der Waals surface area contributed by atoms with Crippen LogP contribution in [0.1, 0.15) is 47.8 Å². The topological polar surface area (TPSA) is 71.8 Å². The number of hydrogen-bond acceptors (Lipinski definition) is 4. The molecule has 6 nitrogen and oxygen atoms in total. The van der Waals surface area contributed by atoms with Crippen LogP contribution in [-0.4, -0.2) is 25.0 Å². The number of nitrogens with zero attached hydrogens (tertiary/aromatic N) is 1. The van der Waals surface area contributed by atoms with Crippen LogP contribution in [0.2, 0.25) is 0 Å². The van der Waals surface area contributed by atoms with Gasteiger partial charge in [0.2, 0.25) is 5.91 Å². The van der Waals surface area contributed by atoms with Crippen LogP contribution in [0.25, 0.3) is 0 Å². The molecule has 0 spiro atoms. The van der Waals surface area contributed by atoms with Crippen molar-refractivity contribution >= 4 is 17.5 Å². The second-order valence-corrected chi connectivity index (χ2v) is 7.74. The lowest BCUT2D eigenvalue weighted by Gasteiger charge is -2.32. The highest BCUT2D eigenvalue weighted by molar-refractivity contribution is 6.09. The van der Waals surface area contributed by atoms with Crippen LogP contribution in [-0.2, 0) is 4.79 Å². The molecule has 1 saturated carbocycles. The molecule has 1 aromatic heterocycles. The first-order chi connectivity index (χ1) is 15.6. The van der Waals surface area contributed by atoms with E-state index >= 15 is 4.39 Å². The number of methoxy groups -OCH3 is 1. The smallest absolute Gasteiger partial charge is 0.295 e. The van der Waals surface area contributed by atoms with Crippen molar-refractivity contribution in [3.63, 3.8) is 0 Å². The zero-order chi connectivity index (χ0) is 22.5. The van der Waals surface area contributed by atoms with Crippen LogP contribution in [0, 0.1) is 5.82 Å². The Hall–Kier alpha value is -3.61. The van der Waals surface area contributed by atoms with Gasteiger partial charge in [-0.05, 0) is 43.2 Å². The van der Waals surface area contributed by atoms with Crippen molar-refractivity contribution < 1.29 is 23.1 Å². The Labute approximate surface area is 186 Å². The number of carbonyl (C=O) groups is 2. The quantitative estimate of drug-likeness (QED) is 0.573. The number of nitrogens with one attached hydrogen (secondary N) is 1. The van der Waals surface area contributed by atoms with Crippen molar-refractivity contribution in [3.8, 4) is 5.75 Å². The summed E-state index contributed by atoms with van der Waals surface area (Å²) in [6.45, 7) is 0. The number of benzene rings is 2. The van der Waals surface area contributed by atoms with Crippen LogP contribution in [0.15, 0.2) is 71.3 Å². The third kappa shape index (κ3) is 4.37. The summed E-state index contributed by atoms with van der Waals surface area (Å²) in [6, 6.07) is 14.7. The standard InChI is InChI=1S/C25H25FN2O4/c1-31-21-14-7-6-13-20(21)28(25(30)22-15-8-16-32-22)23(18-11-4-5-12-19(18)26)24(29)27-17-9-2-3-10-17/h4-8,11-17,23H,2-3,9-10H2,1H3,(H,27,29). The fourth-order valence-corrected chi connectivity index (χ4v) is 4.16. The minimum atomic E-state index is -1.26. The second kappa shape index (κ2) is 9.68. The van der Waals surface area contributed by atoms with E-state index in [0.29, 0.717) is 11.4 Å². The predicted octanol–water partition coefficient (Wildman–Crippen LogP) is 4.87. The molecule has 4 rings (SSSR count). The lowest BCUT2D eigenvalue weighted by Crippen LogP contribution is -2.46. The van der Waals surface area contributed by atoms with Crippen LogP contribution in [0.5, 0.6) is 5.75 Å². The first-order valence-corrected chi connectivity index (χ1v) is 10.6. The van der Waals surface area contributed by atoms with Gasteiger partial charge in [0.05, 0.1) is 19.1 Å².